The summed E-state index contributed by atoms with van der Waals surface area (Å²) >= 11 is 0. The van der Waals surface area contributed by atoms with Gasteiger partial charge in [-0.2, -0.15) is 0 Å². The largest absolute Gasteiger partial charge is 0.255 e. The number of pyridine rings is 3. The van der Waals surface area contributed by atoms with Gasteiger partial charge in [0.05, 0.1) is 22.4 Å². The highest BCUT2D eigenvalue weighted by atomic mass is 28.3. The van der Waals surface area contributed by atoms with Crippen molar-refractivity contribution in [3.8, 4) is 33.6 Å². The second-order valence-corrected chi connectivity index (χ2v) is 16.6. The molecule has 51 heavy (non-hydrogen) atoms. The predicted molar refractivity (Wildman–Crippen MR) is 215 cm³/mol. The van der Waals surface area contributed by atoms with Crippen LogP contribution < -0.4 is 20.7 Å². The van der Waals surface area contributed by atoms with Gasteiger partial charge in [0, 0.05) is 23.2 Å². The van der Waals surface area contributed by atoms with Crippen LogP contribution in [0.3, 0.4) is 0 Å². The maximum Gasteiger partial charge on any atom is 0.179 e. The van der Waals surface area contributed by atoms with E-state index in [2.05, 4.69) is 169 Å². The zero-order valence-electron chi connectivity index (χ0n) is 27.9. The third kappa shape index (κ3) is 5.34. The van der Waals surface area contributed by atoms with Crippen molar-refractivity contribution in [2.24, 2.45) is 0 Å². The molecule has 0 fully saturated rings. The maximum atomic E-state index is 5.22. The van der Waals surface area contributed by atoms with Gasteiger partial charge in [-0.1, -0.05) is 164 Å². The van der Waals surface area contributed by atoms with E-state index in [1.807, 2.05) is 36.7 Å². The van der Waals surface area contributed by atoms with Crippen molar-refractivity contribution >= 4 is 50.6 Å². The Labute approximate surface area is 298 Å². The van der Waals surface area contributed by atoms with E-state index in [9.17, 15) is 0 Å². The summed E-state index contributed by atoms with van der Waals surface area (Å²) in [7, 11) is -2.62. The highest BCUT2D eigenvalue weighted by Gasteiger charge is 2.41. The number of hydrogen-bond acceptors (Lipinski definition) is 3. The molecule has 240 valence electrons. The Balaban J connectivity index is 1.24. The molecule has 0 radical (unpaired) electrons. The first-order chi connectivity index (χ1) is 25.3. The number of benzene rings is 6. The van der Waals surface area contributed by atoms with Crippen molar-refractivity contribution < 1.29 is 0 Å². The van der Waals surface area contributed by atoms with Gasteiger partial charge in [0.1, 0.15) is 0 Å². The predicted octanol–water partition coefficient (Wildman–Crippen LogP) is 8.56. The average Bonchev–Trinajstić information content (AvgIpc) is 3.22. The van der Waals surface area contributed by atoms with Gasteiger partial charge < -0.3 is 0 Å². The quantitative estimate of drug-likeness (QED) is 0.0972. The Kier molecular flexibility index (Phi) is 7.84. The third-order valence-electron chi connectivity index (χ3n) is 9.95. The molecule has 6 aromatic carbocycles. The summed E-state index contributed by atoms with van der Waals surface area (Å²) in [6.07, 6.45) is 3.73. The monoisotopic (exact) mass is 667 g/mol. The van der Waals surface area contributed by atoms with Gasteiger partial charge in [-0.15, -0.1) is 0 Å². The van der Waals surface area contributed by atoms with Crippen LogP contribution in [0.4, 0.5) is 0 Å². The maximum absolute atomic E-state index is 5.22. The van der Waals surface area contributed by atoms with Crippen molar-refractivity contribution in [3.63, 3.8) is 0 Å². The van der Waals surface area contributed by atoms with E-state index in [1.54, 1.807) is 0 Å². The standard InChI is InChI=1S/C47H33N3Si/c1-5-15-34(16-6-1)43-33-45(44-23-13-14-31-48-44)50-47-42(43)29-28-41-40(30-32-49-46(41)47)35-24-26-39(27-25-35)51(36-17-7-2-8-18-36,37-19-9-3-10-20-37)38-21-11-4-12-22-38/h1-33H. The van der Waals surface area contributed by atoms with Gasteiger partial charge in [-0.3, -0.25) is 9.97 Å². The molecule has 0 aliphatic carbocycles. The molecule has 3 heterocycles. The van der Waals surface area contributed by atoms with Crippen molar-refractivity contribution in [1.82, 2.24) is 15.0 Å². The second-order valence-electron chi connectivity index (χ2n) is 12.8. The van der Waals surface area contributed by atoms with Crippen LogP contribution in [0.5, 0.6) is 0 Å². The zero-order chi connectivity index (χ0) is 34.0. The van der Waals surface area contributed by atoms with Gasteiger partial charge in [0.2, 0.25) is 0 Å². The van der Waals surface area contributed by atoms with E-state index >= 15 is 0 Å². The topological polar surface area (TPSA) is 38.7 Å². The lowest BCUT2D eigenvalue weighted by atomic mass is 9.95. The van der Waals surface area contributed by atoms with Gasteiger partial charge in [-0.05, 0) is 67.3 Å². The number of nitrogens with zero attached hydrogens (tertiary/aromatic N) is 3. The summed E-state index contributed by atoms with van der Waals surface area (Å²) in [6, 6.07) is 67.6. The van der Waals surface area contributed by atoms with Crippen molar-refractivity contribution in [3.05, 3.63) is 200 Å². The number of hydrogen-bond donors (Lipinski definition) is 0. The van der Waals surface area contributed by atoms with Crippen molar-refractivity contribution in [2.45, 2.75) is 0 Å². The van der Waals surface area contributed by atoms with E-state index in [0.29, 0.717) is 0 Å². The summed E-state index contributed by atoms with van der Waals surface area (Å²) in [4.78, 5) is 14.8. The van der Waals surface area contributed by atoms with Gasteiger partial charge >= 0.3 is 0 Å². The summed E-state index contributed by atoms with van der Waals surface area (Å²) < 4.78 is 0. The average molecular weight is 668 g/mol. The Morgan fingerprint density at radius 1 is 0.333 bits per heavy atom. The molecular weight excluding hydrogens is 635 g/mol. The zero-order valence-corrected chi connectivity index (χ0v) is 28.9. The van der Waals surface area contributed by atoms with E-state index in [0.717, 1.165) is 55.4 Å². The van der Waals surface area contributed by atoms with Crippen LogP contribution in [0.15, 0.2) is 200 Å². The van der Waals surface area contributed by atoms with Crippen LogP contribution in [-0.2, 0) is 0 Å². The Morgan fingerprint density at radius 3 is 1.41 bits per heavy atom. The highest BCUT2D eigenvalue weighted by molar-refractivity contribution is 7.19. The molecule has 3 aromatic heterocycles. The first kappa shape index (κ1) is 30.6. The lowest BCUT2D eigenvalue weighted by Crippen LogP contribution is -2.74. The Bertz CT molecular complexity index is 2500. The molecular formula is C47H33N3Si. The molecule has 9 aromatic rings. The molecule has 0 saturated carbocycles. The van der Waals surface area contributed by atoms with Gasteiger partial charge in [0.15, 0.2) is 8.07 Å². The molecule has 0 aliphatic heterocycles. The number of fused-ring (bicyclic) bond motifs is 3. The minimum atomic E-state index is -2.62. The fourth-order valence-electron chi connectivity index (χ4n) is 7.62. The third-order valence-corrected chi connectivity index (χ3v) is 14.7. The molecule has 0 aliphatic rings. The van der Waals surface area contributed by atoms with Crippen LogP contribution in [0.1, 0.15) is 0 Å². The Morgan fingerprint density at radius 2 is 0.843 bits per heavy atom. The fraction of sp³-hybridized carbons (Fsp3) is 0. The molecule has 0 amide bonds. The van der Waals surface area contributed by atoms with Crippen LogP contribution in [-0.4, -0.2) is 23.0 Å². The number of aromatic nitrogens is 3. The SMILES string of the molecule is c1ccc(-c2cc(-c3ccccn3)nc3c2ccc2c(-c4ccc([Si](c5ccccc5)(c5ccccc5)c5ccccc5)cc4)ccnc23)cc1. The molecule has 0 atom stereocenters. The normalized spacial score (nSPS) is 11.5. The van der Waals surface area contributed by atoms with Crippen LogP contribution in [0.25, 0.3) is 55.4 Å². The van der Waals surface area contributed by atoms with E-state index in [4.69, 9.17) is 9.97 Å². The summed E-state index contributed by atoms with van der Waals surface area (Å²) in [5, 5.41) is 7.56. The van der Waals surface area contributed by atoms with Gasteiger partial charge in [0.25, 0.3) is 0 Å². The lowest BCUT2D eigenvalue weighted by molar-refractivity contribution is 1.27. The Hall–Kier alpha value is -6.49. The second kappa shape index (κ2) is 13.1. The minimum Gasteiger partial charge on any atom is -0.255 e. The highest BCUT2D eigenvalue weighted by Crippen LogP contribution is 2.37. The summed E-state index contributed by atoms with van der Waals surface area (Å²) in [5.41, 5.74) is 7.94. The van der Waals surface area contributed by atoms with E-state index < -0.39 is 8.07 Å². The smallest absolute Gasteiger partial charge is 0.179 e. The number of rotatable bonds is 7. The summed E-state index contributed by atoms with van der Waals surface area (Å²) in [6.45, 7) is 0. The van der Waals surface area contributed by atoms with E-state index in [1.165, 1.54) is 20.7 Å². The molecule has 0 saturated heterocycles. The molecule has 9 rings (SSSR count). The van der Waals surface area contributed by atoms with Crippen molar-refractivity contribution in [2.75, 3.05) is 0 Å². The molecule has 0 N–H and O–H groups in total. The van der Waals surface area contributed by atoms with Gasteiger partial charge in [-0.25, -0.2) is 4.98 Å². The van der Waals surface area contributed by atoms with Crippen LogP contribution >= 0.6 is 0 Å². The van der Waals surface area contributed by atoms with Crippen LogP contribution in [0, 0.1) is 0 Å². The minimum absolute atomic E-state index is 0.829. The molecule has 0 spiro atoms. The first-order valence-corrected chi connectivity index (χ1v) is 19.3. The van der Waals surface area contributed by atoms with Crippen LogP contribution in [0.2, 0.25) is 0 Å². The fourth-order valence-corrected chi connectivity index (χ4v) is 12.4. The molecule has 0 unspecified atom stereocenters. The molecule has 0 bridgehead atoms. The molecule has 3 nitrogen and oxygen atoms in total. The molecule has 4 heteroatoms. The first-order valence-electron chi connectivity index (χ1n) is 17.3. The summed E-state index contributed by atoms with van der Waals surface area (Å²) in [5.74, 6) is 0. The van der Waals surface area contributed by atoms with Crippen molar-refractivity contribution in [1.29, 1.82) is 0 Å². The lowest BCUT2D eigenvalue weighted by Gasteiger charge is -2.34. The van der Waals surface area contributed by atoms with E-state index in [-0.39, 0.29) is 0 Å².